The van der Waals surface area contributed by atoms with Gasteiger partial charge < -0.3 is 10.5 Å². The fourth-order valence-corrected chi connectivity index (χ4v) is 1.34. The molecule has 0 saturated heterocycles. The van der Waals surface area contributed by atoms with E-state index in [1.807, 2.05) is 0 Å². The van der Waals surface area contributed by atoms with Crippen molar-refractivity contribution in [3.63, 3.8) is 0 Å². The molecule has 0 aliphatic heterocycles. The van der Waals surface area contributed by atoms with Gasteiger partial charge in [0.25, 0.3) is 0 Å². The normalized spacial score (nSPS) is 10.1. The molecule has 3 nitrogen and oxygen atoms in total. The van der Waals surface area contributed by atoms with Crippen molar-refractivity contribution in [2.75, 3.05) is 0 Å². The maximum atomic E-state index is 12.9. The molecule has 0 spiro atoms. The van der Waals surface area contributed by atoms with Crippen molar-refractivity contribution < 1.29 is 9.13 Å². The largest absolute Gasteiger partial charge is 0.455 e. The number of nitrogens with zero attached hydrogens (tertiary/aromatic N) is 1. The molecule has 16 heavy (non-hydrogen) atoms. The van der Waals surface area contributed by atoms with Gasteiger partial charge in [-0.15, -0.1) is 0 Å². The van der Waals surface area contributed by atoms with Gasteiger partial charge >= 0.3 is 0 Å². The van der Waals surface area contributed by atoms with E-state index < -0.39 is 0 Å². The van der Waals surface area contributed by atoms with Crippen LogP contribution in [0, 0.1) is 5.82 Å². The molecule has 4 heteroatoms. The second-order valence-electron chi connectivity index (χ2n) is 3.25. The average molecular weight is 218 g/mol. The monoisotopic (exact) mass is 218 g/mol. The van der Waals surface area contributed by atoms with E-state index in [0.717, 1.165) is 0 Å². The molecular formula is C12H11FN2O. The van der Waals surface area contributed by atoms with Gasteiger partial charge in [0, 0.05) is 18.3 Å². The minimum absolute atomic E-state index is 0.230. The van der Waals surface area contributed by atoms with Gasteiger partial charge in [-0.3, -0.25) is 4.98 Å². The van der Waals surface area contributed by atoms with Crippen LogP contribution in [0.3, 0.4) is 0 Å². The van der Waals surface area contributed by atoms with E-state index in [-0.39, 0.29) is 12.4 Å². The van der Waals surface area contributed by atoms with Crippen LogP contribution >= 0.6 is 0 Å². The van der Waals surface area contributed by atoms with Gasteiger partial charge in [0.15, 0.2) is 0 Å². The third-order valence-electron chi connectivity index (χ3n) is 2.10. The van der Waals surface area contributed by atoms with Crippen LogP contribution in [0.15, 0.2) is 42.7 Å². The Morgan fingerprint density at radius 1 is 1.31 bits per heavy atom. The Balaban J connectivity index is 2.28. The van der Waals surface area contributed by atoms with E-state index in [4.69, 9.17) is 10.5 Å². The molecule has 2 aromatic rings. The van der Waals surface area contributed by atoms with Gasteiger partial charge in [0.1, 0.15) is 17.3 Å². The molecular weight excluding hydrogens is 207 g/mol. The summed E-state index contributed by atoms with van der Waals surface area (Å²) in [5.74, 6) is 0.833. The van der Waals surface area contributed by atoms with Gasteiger partial charge in [0.2, 0.25) is 0 Å². The van der Waals surface area contributed by atoms with E-state index >= 15 is 0 Å². The molecule has 0 atom stereocenters. The van der Waals surface area contributed by atoms with Crippen molar-refractivity contribution in [3.05, 3.63) is 54.1 Å². The predicted molar refractivity (Wildman–Crippen MR) is 58.6 cm³/mol. The second-order valence-corrected chi connectivity index (χ2v) is 3.25. The van der Waals surface area contributed by atoms with Crippen molar-refractivity contribution in [2.45, 2.75) is 6.54 Å². The maximum absolute atomic E-state index is 12.9. The molecule has 0 saturated carbocycles. The summed E-state index contributed by atoms with van der Waals surface area (Å²) in [5, 5.41) is 0. The SMILES string of the molecule is NCc1cc(F)ccc1Oc1cccnc1. The number of hydrogen-bond donors (Lipinski definition) is 1. The molecule has 1 aromatic carbocycles. The van der Waals surface area contributed by atoms with Crippen molar-refractivity contribution in [3.8, 4) is 11.5 Å². The van der Waals surface area contributed by atoms with Crippen molar-refractivity contribution in [2.24, 2.45) is 5.73 Å². The van der Waals surface area contributed by atoms with E-state index in [1.54, 1.807) is 30.6 Å². The lowest BCUT2D eigenvalue weighted by Crippen LogP contribution is -2.00. The van der Waals surface area contributed by atoms with E-state index in [2.05, 4.69) is 4.98 Å². The van der Waals surface area contributed by atoms with Crippen LogP contribution in [-0.4, -0.2) is 4.98 Å². The van der Waals surface area contributed by atoms with Gasteiger partial charge in [0.05, 0.1) is 6.20 Å². The lowest BCUT2D eigenvalue weighted by molar-refractivity contribution is 0.471. The number of nitrogens with two attached hydrogens (primary N) is 1. The van der Waals surface area contributed by atoms with Crippen LogP contribution < -0.4 is 10.5 Å². The summed E-state index contributed by atoms with van der Waals surface area (Å²) in [6, 6.07) is 7.80. The third-order valence-corrected chi connectivity index (χ3v) is 2.10. The van der Waals surface area contributed by atoms with E-state index in [9.17, 15) is 4.39 Å². The first-order valence-corrected chi connectivity index (χ1v) is 4.86. The molecule has 1 heterocycles. The van der Waals surface area contributed by atoms with Gasteiger partial charge in [-0.25, -0.2) is 4.39 Å². The minimum Gasteiger partial charge on any atom is -0.455 e. The van der Waals surface area contributed by atoms with Crippen LogP contribution in [0.2, 0.25) is 0 Å². The Kier molecular flexibility index (Phi) is 3.12. The highest BCUT2D eigenvalue weighted by molar-refractivity contribution is 5.37. The summed E-state index contributed by atoms with van der Waals surface area (Å²) in [4.78, 5) is 3.92. The highest BCUT2D eigenvalue weighted by Gasteiger charge is 2.05. The Morgan fingerprint density at radius 2 is 2.19 bits per heavy atom. The Morgan fingerprint density at radius 3 is 2.88 bits per heavy atom. The minimum atomic E-state index is -0.320. The summed E-state index contributed by atoms with van der Waals surface area (Å²) in [6.45, 7) is 0.230. The first kappa shape index (κ1) is 10.6. The zero-order valence-electron chi connectivity index (χ0n) is 8.56. The first-order valence-electron chi connectivity index (χ1n) is 4.86. The van der Waals surface area contributed by atoms with Crippen molar-refractivity contribution >= 4 is 0 Å². The lowest BCUT2D eigenvalue weighted by Gasteiger charge is -2.09. The summed E-state index contributed by atoms with van der Waals surface area (Å²) in [5.41, 5.74) is 6.14. The highest BCUT2D eigenvalue weighted by atomic mass is 19.1. The van der Waals surface area contributed by atoms with E-state index in [1.165, 1.54) is 12.1 Å². The molecule has 2 rings (SSSR count). The second kappa shape index (κ2) is 4.72. The zero-order valence-corrected chi connectivity index (χ0v) is 8.56. The van der Waals surface area contributed by atoms with Gasteiger partial charge in [-0.2, -0.15) is 0 Å². The maximum Gasteiger partial charge on any atom is 0.145 e. The van der Waals surface area contributed by atoms with E-state index in [0.29, 0.717) is 17.1 Å². The van der Waals surface area contributed by atoms with Crippen molar-refractivity contribution in [1.82, 2.24) is 4.98 Å². The molecule has 0 radical (unpaired) electrons. The summed E-state index contributed by atoms with van der Waals surface area (Å²) >= 11 is 0. The molecule has 0 unspecified atom stereocenters. The summed E-state index contributed by atoms with van der Waals surface area (Å²) in [7, 11) is 0. The number of rotatable bonds is 3. The van der Waals surface area contributed by atoms with Crippen LogP contribution in [0.1, 0.15) is 5.56 Å². The highest BCUT2D eigenvalue weighted by Crippen LogP contribution is 2.24. The number of aromatic nitrogens is 1. The van der Waals surface area contributed by atoms with Crippen molar-refractivity contribution in [1.29, 1.82) is 0 Å². The summed E-state index contributed by atoms with van der Waals surface area (Å²) in [6.07, 6.45) is 3.24. The standard InChI is InChI=1S/C12H11FN2O/c13-10-3-4-12(9(6-10)7-14)16-11-2-1-5-15-8-11/h1-6,8H,7,14H2. The molecule has 2 N–H and O–H groups in total. The Hall–Kier alpha value is -1.94. The zero-order chi connectivity index (χ0) is 11.4. The Labute approximate surface area is 92.7 Å². The van der Waals surface area contributed by atoms with Crippen LogP contribution in [0.4, 0.5) is 4.39 Å². The summed E-state index contributed by atoms with van der Waals surface area (Å²) < 4.78 is 18.5. The molecule has 0 aliphatic rings. The number of hydrogen-bond acceptors (Lipinski definition) is 3. The molecule has 0 fully saturated rings. The average Bonchev–Trinajstić information content (AvgIpc) is 2.33. The molecule has 0 aliphatic carbocycles. The van der Waals surface area contributed by atoms with Crippen LogP contribution in [-0.2, 0) is 6.54 Å². The topological polar surface area (TPSA) is 48.1 Å². The fraction of sp³-hybridized carbons (Fsp3) is 0.0833. The molecule has 0 bridgehead atoms. The number of halogens is 1. The molecule has 1 aromatic heterocycles. The number of pyridine rings is 1. The predicted octanol–water partition coefficient (Wildman–Crippen LogP) is 2.47. The quantitative estimate of drug-likeness (QED) is 0.860. The number of ether oxygens (including phenoxy) is 1. The fourth-order valence-electron chi connectivity index (χ4n) is 1.34. The Bertz CT molecular complexity index is 474. The first-order chi connectivity index (χ1) is 7.79. The van der Waals surface area contributed by atoms with Crippen LogP contribution in [0.5, 0.6) is 11.5 Å². The van der Waals surface area contributed by atoms with Gasteiger partial charge in [-0.05, 0) is 30.3 Å². The number of benzene rings is 1. The molecule has 82 valence electrons. The smallest absolute Gasteiger partial charge is 0.145 e. The molecule has 0 amide bonds. The van der Waals surface area contributed by atoms with Gasteiger partial charge in [-0.1, -0.05) is 0 Å². The third kappa shape index (κ3) is 2.35. The van der Waals surface area contributed by atoms with Crippen LogP contribution in [0.25, 0.3) is 0 Å². The lowest BCUT2D eigenvalue weighted by atomic mass is 10.2.